The summed E-state index contributed by atoms with van der Waals surface area (Å²) in [5, 5.41) is 6.16. The number of benzene rings is 1. The lowest BCUT2D eigenvalue weighted by molar-refractivity contribution is 0.412. The summed E-state index contributed by atoms with van der Waals surface area (Å²) in [7, 11) is 1.65. The van der Waals surface area contributed by atoms with E-state index in [0.717, 1.165) is 5.69 Å². The normalized spacial score (nSPS) is 10.8. The average molecular weight is 247 g/mol. The van der Waals surface area contributed by atoms with Gasteiger partial charge in [-0.1, -0.05) is 29.5 Å². The third-order valence-electron chi connectivity index (χ3n) is 2.41. The Bertz CT molecular complexity index is 627. The molecule has 0 bridgehead atoms. The largest absolute Gasteiger partial charge is 0.473 e. The van der Waals surface area contributed by atoms with Crippen molar-refractivity contribution >= 4 is 32.8 Å². The van der Waals surface area contributed by atoms with Gasteiger partial charge in [0.15, 0.2) is 0 Å². The van der Waals surface area contributed by atoms with Crippen LogP contribution in [0.5, 0.6) is 5.19 Å². The van der Waals surface area contributed by atoms with Crippen LogP contribution in [0, 0.1) is 0 Å². The highest BCUT2D eigenvalue weighted by atomic mass is 32.1. The van der Waals surface area contributed by atoms with E-state index < -0.39 is 0 Å². The van der Waals surface area contributed by atoms with Crippen LogP contribution in [0.15, 0.2) is 35.0 Å². The highest BCUT2D eigenvalue weighted by Crippen LogP contribution is 2.35. The highest BCUT2D eigenvalue weighted by Gasteiger charge is 2.09. The standard InChI is InChI=1S/C12H9NOS2/c1-14-12-13-10(7-16-12)9-6-15-11-5-3-2-4-8(9)11/h2-7H,1H3. The first-order valence-corrected chi connectivity index (χ1v) is 6.60. The van der Waals surface area contributed by atoms with E-state index in [2.05, 4.69) is 34.6 Å². The van der Waals surface area contributed by atoms with Gasteiger partial charge in [-0.25, -0.2) is 4.98 Å². The summed E-state index contributed by atoms with van der Waals surface area (Å²) in [5.41, 5.74) is 2.19. The van der Waals surface area contributed by atoms with Crippen molar-refractivity contribution in [3.8, 4) is 16.5 Å². The molecular weight excluding hydrogens is 238 g/mol. The fraction of sp³-hybridized carbons (Fsp3) is 0.0833. The number of hydrogen-bond acceptors (Lipinski definition) is 4. The van der Waals surface area contributed by atoms with Gasteiger partial charge in [0.2, 0.25) is 0 Å². The number of ether oxygens (including phenoxy) is 1. The number of thiophene rings is 1. The third-order valence-corrected chi connectivity index (χ3v) is 4.18. The van der Waals surface area contributed by atoms with Crippen LogP contribution in [0.25, 0.3) is 21.3 Å². The van der Waals surface area contributed by atoms with Gasteiger partial charge in [-0.05, 0) is 6.07 Å². The summed E-state index contributed by atoms with van der Waals surface area (Å²) in [6, 6.07) is 8.38. The van der Waals surface area contributed by atoms with Gasteiger partial charge in [0.25, 0.3) is 5.19 Å². The first-order chi connectivity index (χ1) is 7.88. The molecular formula is C12H9NOS2. The molecule has 0 saturated heterocycles. The van der Waals surface area contributed by atoms with E-state index in [0.29, 0.717) is 5.19 Å². The maximum Gasteiger partial charge on any atom is 0.273 e. The molecule has 0 aliphatic rings. The number of fused-ring (bicyclic) bond motifs is 1. The fourth-order valence-corrected chi connectivity index (χ4v) is 3.24. The number of thiazole rings is 1. The van der Waals surface area contributed by atoms with Gasteiger partial charge in [0.05, 0.1) is 12.8 Å². The summed E-state index contributed by atoms with van der Waals surface area (Å²) in [5.74, 6) is 0. The Balaban J connectivity index is 2.18. The Kier molecular flexibility index (Phi) is 2.38. The minimum Gasteiger partial charge on any atom is -0.473 e. The molecule has 16 heavy (non-hydrogen) atoms. The van der Waals surface area contributed by atoms with E-state index in [4.69, 9.17) is 4.74 Å². The lowest BCUT2D eigenvalue weighted by Gasteiger charge is -1.93. The maximum absolute atomic E-state index is 5.12. The molecule has 0 aliphatic carbocycles. The van der Waals surface area contributed by atoms with Crippen LogP contribution in [0.3, 0.4) is 0 Å². The number of aromatic nitrogens is 1. The molecule has 0 radical (unpaired) electrons. The second-order valence-corrected chi connectivity index (χ2v) is 5.08. The number of methoxy groups -OCH3 is 1. The first kappa shape index (κ1) is 9.81. The van der Waals surface area contributed by atoms with Crippen LogP contribution >= 0.6 is 22.7 Å². The zero-order valence-electron chi connectivity index (χ0n) is 8.64. The van der Waals surface area contributed by atoms with E-state index in [1.54, 1.807) is 18.4 Å². The van der Waals surface area contributed by atoms with Gasteiger partial charge in [-0.15, -0.1) is 11.3 Å². The van der Waals surface area contributed by atoms with Gasteiger partial charge in [-0.2, -0.15) is 0 Å². The SMILES string of the molecule is COc1nc(-c2csc3ccccc23)cs1. The minimum absolute atomic E-state index is 0.713. The van der Waals surface area contributed by atoms with Crippen LogP contribution in [0.4, 0.5) is 0 Å². The molecule has 80 valence electrons. The van der Waals surface area contributed by atoms with Crippen molar-refractivity contribution in [2.45, 2.75) is 0 Å². The molecule has 0 amide bonds. The second kappa shape index (κ2) is 3.88. The van der Waals surface area contributed by atoms with Crippen molar-refractivity contribution in [1.29, 1.82) is 0 Å². The van der Waals surface area contributed by atoms with Crippen molar-refractivity contribution in [3.05, 3.63) is 35.0 Å². The summed E-state index contributed by atoms with van der Waals surface area (Å²) in [6.45, 7) is 0. The average Bonchev–Trinajstić information content (AvgIpc) is 2.94. The van der Waals surface area contributed by atoms with Crippen LogP contribution in [-0.2, 0) is 0 Å². The zero-order chi connectivity index (χ0) is 11.0. The molecule has 0 saturated carbocycles. The predicted molar refractivity (Wildman–Crippen MR) is 69.5 cm³/mol. The minimum atomic E-state index is 0.713. The molecule has 0 fully saturated rings. The number of nitrogens with zero attached hydrogens (tertiary/aromatic N) is 1. The van der Waals surface area contributed by atoms with Gasteiger partial charge >= 0.3 is 0 Å². The first-order valence-electron chi connectivity index (χ1n) is 4.84. The van der Waals surface area contributed by atoms with Crippen LogP contribution in [0.2, 0.25) is 0 Å². The lowest BCUT2D eigenvalue weighted by atomic mass is 10.1. The highest BCUT2D eigenvalue weighted by molar-refractivity contribution is 7.17. The van der Waals surface area contributed by atoms with Crippen LogP contribution in [-0.4, -0.2) is 12.1 Å². The van der Waals surface area contributed by atoms with Crippen molar-refractivity contribution in [2.75, 3.05) is 7.11 Å². The Morgan fingerprint density at radius 1 is 1.12 bits per heavy atom. The van der Waals surface area contributed by atoms with Crippen LogP contribution < -0.4 is 4.74 Å². The Labute approximate surface area is 101 Å². The van der Waals surface area contributed by atoms with Crippen molar-refractivity contribution in [1.82, 2.24) is 4.98 Å². The molecule has 2 heterocycles. The molecule has 2 nitrogen and oxygen atoms in total. The number of rotatable bonds is 2. The fourth-order valence-electron chi connectivity index (χ4n) is 1.65. The zero-order valence-corrected chi connectivity index (χ0v) is 10.3. The van der Waals surface area contributed by atoms with E-state index in [1.165, 1.54) is 27.0 Å². The van der Waals surface area contributed by atoms with E-state index in [1.807, 2.05) is 5.38 Å². The van der Waals surface area contributed by atoms with Crippen LogP contribution in [0.1, 0.15) is 0 Å². The number of hydrogen-bond donors (Lipinski definition) is 0. The summed E-state index contributed by atoms with van der Waals surface area (Å²) in [4.78, 5) is 4.42. The molecule has 3 rings (SSSR count). The molecule has 2 aromatic heterocycles. The molecule has 0 aliphatic heterocycles. The van der Waals surface area contributed by atoms with E-state index in [-0.39, 0.29) is 0 Å². The van der Waals surface area contributed by atoms with Gasteiger partial charge in [0.1, 0.15) is 0 Å². The monoisotopic (exact) mass is 247 g/mol. The molecule has 0 spiro atoms. The molecule has 0 atom stereocenters. The van der Waals surface area contributed by atoms with Gasteiger partial charge in [-0.3, -0.25) is 0 Å². The molecule has 0 N–H and O–H groups in total. The molecule has 3 aromatic rings. The third kappa shape index (κ3) is 1.50. The van der Waals surface area contributed by atoms with E-state index >= 15 is 0 Å². The lowest BCUT2D eigenvalue weighted by Crippen LogP contribution is -1.80. The Hall–Kier alpha value is -1.39. The summed E-state index contributed by atoms with van der Waals surface area (Å²) >= 11 is 3.28. The van der Waals surface area contributed by atoms with Crippen molar-refractivity contribution < 1.29 is 4.74 Å². The molecule has 1 aromatic carbocycles. The maximum atomic E-state index is 5.12. The quantitative estimate of drug-likeness (QED) is 0.682. The molecule has 4 heteroatoms. The summed E-state index contributed by atoms with van der Waals surface area (Å²) in [6.07, 6.45) is 0. The van der Waals surface area contributed by atoms with Gasteiger partial charge < -0.3 is 4.74 Å². The van der Waals surface area contributed by atoms with E-state index in [9.17, 15) is 0 Å². The van der Waals surface area contributed by atoms with Gasteiger partial charge in [0, 0.05) is 26.4 Å². The van der Waals surface area contributed by atoms with Crippen molar-refractivity contribution in [2.24, 2.45) is 0 Å². The summed E-state index contributed by atoms with van der Waals surface area (Å²) < 4.78 is 6.41. The Morgan fingerprint density at radius 3 is 2.81 bits per heavy atom. The topological polar surface area (TPSA) is 22.1 Å². The smallest absolute Gasteiger partial charge is 0.273 e. The Morgan fingerprint density at radius 2 is 2.00 bits per heavy atom. The predicted octanol–water partition coefficient (Wildman–Crippen LogP) is 4.03. The second-order valence-electron chi connectivity index (χ2n) is 3.35. The van der Waals surface area contributed by atoms with Crippen molar-refractivity contribution in [3.63, 3.8) is 0 Å². The molecule has 0 unspecified atom stereocenters.